The number of aryl methyl sites for hydroxylation is 2. The molecule has 0 atom stereocenters. The quantitative estimate of drug-likeness (QED) is 0.229. The van der Waals surface area contributed by atoms with E-state index in [0.717, 1.165) is 70.5 Å². The smallest absolute Gasteiger partial charge is 0.145 e. The maximum absolute atomic E-state index is 6.36. The highest BCUT2D eigenvalue weighted by molar-refractivity contribution is 6.30. The van der Waals surface area contributed by atoms with Crippen molar-refractivity contribution in [2.75, 3.05) is 13.2 Å². The number of para-hydroxylation sites is 1. The number of fused-ring (bicyclic) bond motifs is 2. The molecule has 5 aromatic rings. The molecule has 39 heavy (non-hydrogen) atoms. The minimum Gasteiger partial charge on any atom is -0.491 e. The number of hydrogen-bond acceptors (Lipinski definition) is 3. The second-order valence-electron chi connectivity index (χ2n) is 11.1. The summed E-state index contributed by atoms with van der Waals surface area (Å²) in [6.45, 7) is 12.0. The van der Waals surface area contributed by atoms with Crippen molar-refractivity contribution >= 4 is 22.5 Å². The second-order valence-corrected chi connectivity index (χ2v) is 11.6. The van der Waals surface area contributed by atoms with Crippen LogP contribution in [-0.2, 0) is 19.5 Å². The van der Waals surface area contributed by atoms with Gasteiger partial charge in [-0.1, -0.05) is 49.7 Å². The van der Waals surface area contributed by atoms with Crippen LogP contribution in [0.15, 0.2) is 66.9 Å². The van der Waals surface area contributed by atoms with E-state index in [2.05, 4.69) is 96.9 Å². The zero-order chi connectivity index (χ0) is 27.1. The van der Waals surface area contributed by atoms with Crippen LogP contribution in [0, 0.1) is 19.8 Å². The summed E-state index contributed by atoms with van der Waals surface area (Å²) in [6.07, 6.45) is 2.89. The molecule has 6 rings (SSSR count). The van der Waals surface area contributed by atoms with Gasteiger partial charge in [0.25, 0.3) is 0 Å². The molecule has 0 unspecified atom stereocenters. The van der Waals surface area contributed by atoms with E-state index in [4.69, 9.17) is 21.4 Å². The third kappa shape index (κ3) is 5.09. The molecular formula is C33H35ClN4O. The van der Waals surface area contributed by atoms with Gasteiger partial charge in [0.05, 0.1) is 18.0 Å². The summed E-state index contributed by atoms with van der Waals surface area (Å²) in [5, 5.41) is 7.25. The van der Waals surface area contributed by atoms with Gasteiger partial charge in [0.2, 0.25) is 0 Å². The molecule has 0 aliphatic carbocycles. The lowest BCUT2D eigenvalue weighted by Crippen LogP contribution is -2.30. The monoisotopic (exact) mass is 538 g/mol. The molecule has 1 N–H and O–H groups in total. The van der Waals surface area contributed by atoms with Gasteiger partial charge < -0.3 is 9.72 Å². The Morgan fingerprint density at radius 3 is 2.74 bits per heavy atom. The Bertz CT molecular complexity index is 1650. The van der Waals surface area contributed by atoms with Gasteiger partial charge in [-0.15, -0.1) is 0 Å². The van der Waals surface area contributed by atoms with Gasteiger partial charge >= 0.3 is 0 Å². The predicted octanol–water partition coefficient (Wildman–Crippen LogP) is 7.88. The summed E-state index contributed by atoms with van der Waals surface area (Å²) >= 11 is 6.36. The molecule has 200 valence electrons. The van der Waals surface area contributed by atoms with Gasteiger partial charge in [-0.3, -0.25) is 4.90 Å². The first-order chi connectivity index (χ1) is 18.9. The Morgan fingerprint density at radius 2 is 1.90 bits per heavy atom. The highest BCUT2D eigenvalue weighted by Crippen LogP contribution is 2.38. The van der Waals surface area contributed by atoms with E-state index in [-0.39, 0.29) is 0 Å². The van der Waals surface area contributed by atoms with E-state index in [9.17, 15) is 0 Å². The average Bonchev–Trinajstić information content (AvgIpc) is 3.53. The summed E-state index contributed by atoms with van der Waals surface area (Å²) in [4.78, 5) is 5.84. The highest BCUT2D eigenvalue weighted by Gasteiger charge is 2.28. The fourth-order valence-electron chi connectivity index (χ4n) is 5.55. The largest absolute Gasteiger partial charge is 0.491 e. The number of ether oxygens (including phenoxy) is 1. The van der Waals surface area contributed by atoms with Crippen LogP contribution in [0.4, 0.5) is 0 Å². The van der Waals surface area contributed by atoms with Crippen molar-refractivity contribution in [2.24, 2.45) is 5.92 Å². The van der Waals surface area contributed by atoms with Gasteiger partial charge in [-0.05, 0) is 72.9 Å². The van der Waals surface area contributed by atoms with Crippen molar-refractivity contribution in [1.29, 1.82) is 0 Å². The van der Waals surface area contributed by atoms with Gasteiger partial charge in [-0.2, -0.15) is 5.10 Å². The van der Waals surface area contributed by atoms with Crippen LogP contribution >= 0.6 is 11.6 Å². The zero-order valence-electron chi connectivity index (χ0n) is 23.1. The molecule has 0 saturated carbocycles. The molecule has 3 aromatic carbocycles. The minimum absolute atomic E-state index is 0.433. The van der Waals surface area contributed by atoms with Crippen molar-refractivity contribution in [2.45, 2.75) is 47.2 Å². The number of aromatic amines is 1. The van der Waals surface area contributed by atoms with E-state index in [1.807, 2.05) is 12.3 Å². The molecule has 5 nitrogen and oxygen atoms in total. The van der Waals surface area contributed by atoms with E-state index in [1.165, 1.54) is 22.1 Å². The summed E-state index contributed by atoms with van der Waals surface area (Å²) in [5.74, 6) is 1.31. The van der Waals surface area contributed by atoms with E-state index in [1.54, 1.807) is 0 Å². The zero-order valence-corrected chi connectivity index (χ0v) is 23.8. The number of nitrogens with one attached hydrogen (secondary N) is 1. The first kappa shape index (κ1) is 25.7. The van der Waals surface area contributed by atoms with Gasteiger partial charge in [0, 0.05) is 59.3 Å². The number of aromatic nitrogens is 3. The molecule has 0 fully saturated rings. The normalized spacial score (nSPS) is 13.8. The molecule has 3 heterocycles. The molecule has 0 bridgehead atoms. The maximum Gasteiger partial charge on any atom is 0.145 e. The van der Waals surface area contributed by atoms with Crippen LogP contribution in [-0.4, -0.2) is 32.8 Å². The van der Waals surface area contributed by atoms with Crippen LogP contribution in [0.3, 0.4) is 0 Å². The van der Waals surface area contributed by atoms with Gasteiger partial charge in [0.1, 0.15) is 11.4 Å². The molecule has 1 aliphatic heterocycles. The Hall–Kier alpha value is -3.54. The third-order valence-corrected chi connectivity index (χ3v) is 7.86. The lowest BCUT2D eigenvalue weighted by atomic mass is 9.98. The third-order valence-electron chi connectivity index (χ3n) is 7.63. The summed E-state index contributed by atoms with van der Waals surface area (Å²) in [7, 11) is 0. The topological polar surface area (TPSA) is 46.1 Å². The van der Waals surface area contributed by atoms with Crippen LogP contribution in [0.1, 0.15) is 41.8 Å². The van der Waals surface area contributed by atoms with Gasteiger partial charge in [-0.25, -0.2) is 4.68 Å². The Morgan fingerprint density at radius 1 is 1.03 bits per heavy atom. The number of hydrogen-bond donors (Lipinski definition) is 1. The number of halogens is 1. The average molecular weight is 539 g/mol. The SMILES string of the molecule is Cc1ccc(Cl)cc1CN1CCc2nn(-c3c(C)cccc3OCC(C)C)c(-c3ccc4[nH]ccc4c3)c2C1. The number of rotatable bonds is 7. The standard InChI is InChI=1S/C33H35ClN4O/c1-21(2)20-39-31-7-5-6-23(4)32(31)38-33(25-9-11-29-24(16-25)12-14-35-29)28-19-37(15-13-30(28)36-38)18-26-17-27(34)10-8-22(26)3/h5-12,14,16-17,21,35H,13,15,18-20H2,1-4H3. The van der Waals surface area contributed by atoms with Crippen molar-refractivity contribution < 1.29 is 4.74 Å². The fourth-order valence-corrected chi connectivity index (χ4v) is 5.75. The fraction of sp³-hybridized carbons (Fsp3) is 0.303. The van der Waals surface area contributed by atoms with E-state index >= 15 is 0 Å². The molecular weight excluding hydrogens is 504 g/mol. The molecule has 1 aliphatic rings. The number of benzene rings is 3. The molecule has 0 saturated heterocycles. The van der Waals surface area contributed by atoms with Crippen LogP contribution in [0.2, 0.25) is 5.02 Å². The first-order valence-corrected chi connectivity index (χ1v) is 14.1. The molecule has 0 amide bonds. The predicted molar refractivity (Wildman–Crippen MR) is 160 cm³/mol. The molecule has 6 heteroatoms. The Balaban J connectivity index is 1.48. The Kier molecular flexibility index (Phi) is 6.96. The number of H-pyrrole nitrogens is 1. The number of nitrogens with zero attached hydrogens (tertiary/aromatic N) is 3. The summed E-state index contributed by atoms with van der Waals surface area (Å²) < 4.78 is 8.50. The second kappa shape index (κ2) is 10.6. The van der Waals surface area contributed by atoms with E-state index < -0.39 is 0 Å². The van der Waals surface area contributed by atoms with Crippen LogP contribution in [0.5, 0.6) is 5.75 Å². The maximum atomic E-state index is 6.36. The molecule has 2 aromatic heterocycles. The van der Waals surface area contributed by atoms with Crippen molar-refractivity contribution in [1.82, 2.24) is 19.7 Å². The van der Waals surface area contributed by atoms with Crippen molar-refractivity contribution in [3.63, 3.8) is 0 Å². The lowest BCUT2D eigenvalue weighted by Gasteiger charge is -2.27. The first-order valence-electron chi connectivity index (χ1n) is 13.8. The summed E-state index contributed by atoms with van der Waals surface area (Å²) in [6, 6.07) is 21.2. The van der Waals surface area contributed by atoms with Gasteiger partial charge in [0.15, 0.2) is 0 Å². The molecule has 0 radical (unpaired) electrons. The van der Waals surface area contributed by atoms with Crippen LogP contribution < -0.4 is 4.74 Å². The van der Waals surface area contributed by atoms with E-state index in [0.29, 0.717) is 12.5 Å². The van der Waals surface area contributed by atoms with Crippen molar-refractivity contribution in [3.05, 3.63) is 99.8 Å². The van der Waals surface area contributed by atoms with Crippen LogP contribution in [0.25, 0.3) is 27.8 Å². The Labute approximate surface area is 235 Å². The van der Waals surface area contributed by atoms with Crippen molar-refractivity contribution in [3.8, 4) is 22.7 Å². The molecule has 0 spiro atoms. The lowest BCUT2D eigenvalue weighted by molar-refractivity contribution is 0.244. The minimum atomic E-state index is 0.433. The highest BCUT2D eigenvalue weighted by atomic mass is 35.5. The summed E-state index contributed by atoms with van der Waals surface area (Å²) in [5.41, 5.74) is 10.6.